The van der Waals surface area contributed by atoms with Crippen LogP contribution < -0.4 is 10.6 Å². The summed E-state index contributed by atoms with van der Waals surface area (Å²) in [5, 5.41) is 9.67. The van der Waals surface area contributed by atoms with E-state index in [4.69, 9.17) is 0 Å². The lowest BCUT2D eigenvalue weighted by Crippen LogP contribution is -2.25. The summed E-state index contributed by atoms with van der Waals surface area (Å²) >= 11 is 4.93. The van der Waals surface area contributed by atoms with Gasteiger partial charge in [-0.1, -0.05) is 18.2 Å². The predicted octanol–water partition coefficient (Wildman–Crippen LogP) is 4.73. The minimum atomic E-state index is -0.164. The van der Waals surface area contributed by atoms with Crippen LogP contribution in [0.4, 0.5) is 5.69 Å². The number of hydrogen-bond donors (Lipinski definition) is 2. The Kier molecular flexibility index (Phi) is 6.88. The first-order valence-corrected chi connectivity index (χ1v) is 11.0. The van der Waals surface area contributed by atoms with Crippen molar-refractivity contribution < 1.29 is 9.59 Å². The maximum absolute atomic E-state index is 12.3. The fraction of sp³-hybridized carbons (Fsp3) is 0.158. The molecule has 26 heavy (non-hydrogen) atoms. The monoisotopic (exact) mass is 402 g/mol. The number of carbonyl (C=O) groups excluding carboxylic acids is 2. The topological polar surface area (TPSA) is 58.2 Å². The zero-order chi connectivity index (χ0) is 18.2. The van der Waals surface area contributed by atoms with Crippen LogP contribution >= 0.6 is 34.4 Å². The summed E-state index contributed by atoms with van der Waals surface area (Å²) in [6, 6.07) is 14.8. The van der Waals surface area contributed by atoms with E-state index in [1.54, 1.807) is 53.4 Å². The van der Waals surface area contributed by atoms with Crippen LogP contribution in [-0.2, 0) is 5.75 Å². The van der Waals surface area contributed by atoms with Crippen LogP contribution in [0.1, 0.15) is 24.9 Å². The number of amides is 2. The van der Waals surface area contributed by atoms with Crippen molar-refractivity contribution in [1.82, 2.24) is 5.32 Å². The highest BCUT2D eigenvalue weighted by atomic mass is 32.2. The molecule has 0 aliphatic rings. The summed E-state index contributed by atoms with van der Waals surface area (Å²) in [7, 11) is 0. The Hall–Kier alpha value is -2.09. The smallest absolute Gasteiger partial charge is 0.265 e. The Labute approximate surface area is 164 Å². The highest BCUT2D eigenvalue weighted by molar-refractivity contribution is 7.98. The standard InChI is InChI=1S/C19H18N2O2S3/c22-18(20-8-11-24-13-16-6-2-9-25-16)14-4-1-5-15(12-14)21-19(23)17-7-3-10-26-17/h1-7,9-10,12H,8,11,13H2,(H,20,22)(H,21,23). The Bertz CT molecular complexity index is 846. The molecule has 0 atom stereocenters. The molecule has 3 aromatic rings. The first-order chi connectivity index (χ1) is 12.7. The number of carbonyl (C=O) groups is 2. The van der Waals surface area contributed by atoms with Gasteiger partial charge in [-0.2, -0.15) is 11.8 Å². The van der Waals surface area contributed by atoms with Gasteiger partial charge in [0.15, 0.2) is 0 Å². The Morgan fingerprint density at radius 1 is 0.962 bits per heavy atom. The van der Waals surface area contributed by atoms with E-state index < -0.39 is 0 Å². The highest BCUT2D eigenvalue weighted by Crippen LogP contribution is 2.17. The van der Waals surface area contributed by atoms with Gasteiger partial charge in [0.05, 0.1) is 4.88 Å². The molecule has 2 N–H and O–H groups in total. The minimum Gasteiger partial charge on any atom is -0.351 e. The van der Waals surface area contributed by atoms with Gasteiger partial charge in [-0.25, -0.2) is 0 Å². The molecule has 2 heterocycles. The molecule has 0 saturated heterocycles. The van der Waals surface area contributed by atoms with E-state index >= 15 is 0 Å². The summed E-state index contributed by atoms with van der Waals surface area (Å²) in [5.74, 6) is 1.53. The third-order valence-electron chi connectivity index (χ3n) is 3.48. The fourth-order valence-corrected chi connectivity index (χ4v) is 4.56. The molecule has 0 aliphatic carbocycles. The third kappa shape index (κ3) is 5.45. The number of thioether (sulfide) groups is 1. The molecule has 0 bridgehead atoms. The van der Waals surface area contributed by atoms with E-state index in [9.17, 15) is 9.59 Å². The third-order valence-corrected chi connectivity index (χ3v) is 6.42. The molecule has 0 saturated carbocycles. The number of anilines is 1. The second-order valence-electron chi connectivity index (χ2n) is 5.40. The van der Waals surface area contributed by atoms with Crippen molar-refractivity contribution in [3.63, 3.8) is 0 Å². The highest BCUT2D eigenvalue weighted by Gasteiger charge is 2.09. The SMILES string of the molecule is O=C(NCCSCc1cccs1)c1cccc(NC(=O)c2cccs2)c1. The van der Waals surface area contributed by atoms with Crippen molar-refractivity contribution in [3.05, 3.63) is 74.6 Å². The molecule has 0 radical (unpaired) electrons. The van der Waals surface area contributed by atoms with Crippen LogP contribution in [0.2, 0.25) is 0 Å². The van der Waals surface area contributed by atoms with E-state index in [1.807, 2.05) is 17.5 Å². The van der Waals surface area contributed by atoms with Crippen molar-refractivity contribution >= 4 is 51.9 Å². The molecular weight excluding hydrogens is 384 g/mol. The normalized spacial score (nSPS) is 10.5. The summed E-state index contributed by atoms with van der Waals surface area (Å²) in [5.41, 5.74) is 1.15. The number of benzene rings is 1. The zero-order valence-electron chi connectivity index (χ0n) is 13.9. The fourth-order valence-electron chi connectivity index (χ4n) is 2.24. The number of hydrogen-bond acceptors (Lipinski definition) is 5. The van der Waals surface area contributed by atoms with Gasteiger partial charge in [0.25, 0.3) is 11.8 Å². The van der Waals surface area contributed by atoms with Crippen molar-refractivity contribution in [2.24, 2.45) is 0 Å². The predicted molar refractivity (Wildman–Crippen MR) is 112 cm³/mol. The van der Waals surface area contributed by atoms with Crippen LogP contribution in [0.3, 0.4) is 0 Å². The molecule has 0 aliphatic heterocycles. The van der Waals surface area contributed by atoms with Crippen LogP contribution in [0, 0.1) is 0 Å². The lowest BCUT2D eigenvalue weighted by molar-refractivity contribution is 0.0954. The van der Waals surface area contributed by atoms with E-state index in [0.29, 0.717) is 22.7 Å². The number of nitrogens with one attached hydrogen (secondary N) is 2. The van der Waals surface area contributed by atoms with Crippen molar-refractivity contribution in [2.45, 2.75) is 5.75 Å². The van der Waals surface area contributed by atoms with Crippen molar-refractivity contribution in [3.8, 4) is 0 Å². The quantitative estimate of drug-likeness (QED) is 0.536. The molecule has 4 nitrogen and oxygen atoms in total. The first-order valence-electron chi connectivity index (χ1n) is 8.05. The summed E-state index contributed by atoms with van der Waals surface area (Å²) in [6.07, 6.45) is 0. The van der Waals surface area contributed by atoms with E-state index in [-0.39, 0.29) is 11.8 Å². The van der Waals surface area contributed by atoms with Crippen LogP contribution in [0.25, 0.3) is 0 Å². The minimum absolute atomic E-state index is 0.131. The maximum Gasteiger partial charge on any atom is 0.265 e. The second kappa shape index (κ2) is 9.56. The van der Waals surface area contributed by atoms with Gasteiger partial charge in [-0.15, -0.1) is 22.7 Å². The molecule has 0 unspecified atom stereocenters. The first kappa shape index (κ1) is 18.7. The van der Waals surface area contributed by atoms with E-state index in [1.165, 1.54) is 16.2 Å². The molecule has 7 heteroatoms. The molecule has 1 aromatic carbocycles. The lowest BCUT2D eigenvalue weighted by atomic mass is 10.2. The maximum atomic E-state index is 12.3. The van der Waals surface area contributed by atoms with Gasteiger partial charge in [-0.3, -0.25) is 9.59 Å². The van der Waals surface area contributed by atoms with Gasteiger partial charge >= 0.3 is 0 Å². The number of thiophene rings is 2. The summed E-state index contributed by atoms with van der Waals surface area (Å²) in [6.45, 7) is 0.612. The Morgan fingerprint density at radius 2 is 1.81 bits per heavy atom. The molecule has 0 fully saturated rings. The molecule has 2 aromatic heterocycles. The summed E-state index contributed by atoms with van der Waals surface area (Å²) < 4.78 is 0. The van der Waals surface area contributed by atoms with Gasteiger partial charge < -0.3 is 10.6 Å². The van der Waals surface area contributed by atoms with Crippen molar-refractivity contribution in [1.29, 1.82) is 0 Å². The average molecular weight is 403 g/mol. The lowest BCUT2D eigenvalue weighted by Gasteiger charge is -2.08. The summed E-state index contributed by atoms with van der Waals surface area (Å²) in [4.78, 5) is 26.4. The molecule has 134 valence electrons. The van der Waals surface area contributed by atoms with Crippen molar-refractivity contribution in [2.75, 3.05) is 17.6 Å². The van der Waals surface area contributed by atoms with Gasteiger partial charge in [0.1, 0.15) is 0 Å². The second-order valence-corrected chi connectivity index (χ2v) is 8.49. The average Bonchev–Trinajstić information content (AvgIpc) is 3.35. The van der Waals surface area contributed by atoms with Gasteiger partial charge in [-0.05, 0) is 41.1 Å². The van der Waals surface area contributed by atoms with Gasteiger partial charge in [0, 0.05) is 34.2 Å². The van der Waals surface area contributed by atoms with E-state index in [0.717, 1.165) is 11.5 Å². The molecule has 0 spiro atoms. The van der Waals surface area contributed by atoms with Crippen LogP contribution in [0.15, 0.2) is 59.3 Å². The van der Waals surface area contributed by atoms with Crippen LogP contribution in [-0.4, -0.2) is 24.1 Å². The zero-order valence-corrected chi connectivity index (χ0v) is 16.4. The Balaban J connectivity index is 1.46. The van der Waals surface area contributed by atoms with Crippen LogP contribution in [0.5, 0.6) is 0 Å². The van der Waals surface area contributed by atoms with Gasteiger partial charge in [0.2, 0.25) is 0 Å². The molecular formula is C19H18N2O2S3. The molecule has 3 rings (SSSR count). The van der Waals surface area contributed by atoms with E-state index in [2.05, 4.69) is 22.1 Å². The number of rotatable bonds is 8. The molecule has 2 amide bonds. The largest absolute Gasteiger partial charge is 0.351 e. The Morgan fingerprint density at radius 3 is 2.58 bits per heavy atom.